The zero-order valence-electron chi connectivity index (χ0n) is 14.0. The molecule has 0 N–H and O–H groups in total. The summed E-state index contributed by atoms with van der Waals surface area (Å²) in [4.78, 5) is 5.29. The summed E-state index contributed by atoms with van der Waals surface area (Å²) < 4.78 is 18.1. The fourth-order valence-corrected chi connectivity index (χ4v) is 2.75. The van der Waals surface area contributed by atoms with E-state index in [2.05, 4.69) is 4.98 Å². The molecule has 1 heterocycles. The van der Waals surface area contributed by atoms with E-state index in [1.54, 1.807) is 0 Å². The summed E-state index contributed by atoms with van der Waals surface area (Å²) in [7, 11) is 0. The van der Waals surface area contributed by atoms with E-state index in [-0.39, 0.29) is 37.2 Å². The van der Waals surface area contributed by atoms with Crippen LogP contribution in [0.25, 0.3) is 0 Å². The fraction of sp³-hybridized carbons (Fsp3) is 0.769. The van der Waals surface area contributed by atoms with Crippen molar-refractivity contribution < 1.29 is 32.8 Å². The van der Waals surface area contributed by atoms with Gasteiger partial charge in [0.25, 0.3) is 0 Å². The van der Waals surface area contributed by atoms with E-state index < -0.39 is 6.75 Å². The first-order valence-corrected chi connectivity index (χ1v) is 7.72. The largest absolute Gasteiger partial charge is 1.00 e. The number of aromatic nitrogens is 1. The molecule has 0 saturated heterocycles. The summed E-state index contributed by atoms with van der Waals surface area (Å²) in [5.41, 5.74) is 0.957. The van der Waals surface area contributed by atoms with E-state index in [0.717, 1.165) is 10.6 Å². The molecule has 0 spiro atoms. The second-order valence-corrected chi connectivity index (χ2v) is 6.41. The quantitative estimate of drug-likeness (QED) is 0.657. The van der Waals surface area contributed by atoms with Crippen LogP contribution in [0.4, 0.5) is 0 Å². The van der Waals surface area contributed by atoms with Gasteiger partial charge in [0, 0.05) is 34.3 Å². The zero-order chi connectivity index (χ0) is 14.6. The Labute approximate surface area is 138 Å². The maximum Gasteiger partial charge on any atom is 1.00 e. The maximum absolute atomic E-state index is 6.02. The molecular weight excluding hydrogens is 268 g/mol. The van der Waals surface area contributed by atoms with Crippen LogP contribution in [0.3, 0.4) is 0 Å². The normalized spacial score (nSPS) is 12.3. The molecule has 0 unspecified atom stereocenters. The zero-order valence-corrected chi connectivity index (χ0v) is 14.8. The fourth-order valence-electron chi connectivity index (χ4n) is 1.88. The van der Waals surface area contributed by atoms with E-state index in [1.165, 1.54) is 11.3 Å². The standard InChI is InChI=1S/C13H25BNO3S.Li/c1-9(2)16-14(17-10(3)4,18-11(5)6)13-15-12(7)8-19-13;/h8-11H,1-7H3;/q-1;+1. The number of hydrogen-bond acceptors (Lipinski definition) is 5. The van der Waals surface area contributed by atoms with Gasteiger partial charge >= 0.3 is 25.6 Å². The number of nitrogens with zero attached hydrogens (tertiary/aromatic N) is 1. The minimum Gasteiger partial charge on any atom is -0.537 e. The monoisotopic (exact) mass is 293 g/mol. The van der Waals surface area contributed by atoms with Crippen molar-refractivity contribution in [2.75, 3.05) is 0 Å². The van der Waals surface area contributed by atoms with E-state index in [4.69, 9.17) is 14.0 Å². The minimum atomic E-state index is -1.99. The third kappa shape index (κ3) is 5.89. The smallest absolute Gasteiger partial charge is 0.537 e. The number of aryl methyl sites for hydroxylation is 1. The molecular formula is C13H25BLiNO3S. The van der Waals surface area contributed by atoms with Crippen LogP contribution >= 0.6 is 11.3 Å². The first-order valence-electron chi connectivity index (χ1n) is 6.84. The predicted octanol–water partition coefficient (Wildman–Crippen LogP) is -0.124. The van der Waals surface area contributed by atoms with Gasteiger partial charge in [-0.2, -0.15) is 11.3 Å². The summed E-state index contributed by atoms with van der Waals surface area (Å²) in [6.45, 7) is 11.8. The van der Waals surface area contributed by atoms with E-state index in [1.807, 2.05) is 53.8 Å². The number of rotatable bonds is 7. The molecule has 0 aromatic carbocycles. The van der Waals surface area contributed by atoms with Crippen LogP contribution in [-0.2, 0) is 14.0 Å². The molecule has 0 bridgehead atoms. The van der Waals surface area contributed by atoms with E-state index in [0.29, 0.717) is 0 Å². The van der Waals surface area contributed by atoms with Gasteiger partial charge in [0.05, 0.1) is 0 Å². The van der Waals surface area contributed by atoms with Gasteiger partial charge in [-0.05, 0) is 48.5 Å². The molecule has 4 nitrogen and oxygen atoms in total. The van der Waals surface area contributed by atoms with Gasteiger partial charge in [-0.3, -0.25) is 4.98 Å². The first-order chi connectivity index (χ1) is 8.75. The minimum absolute atomic E-state index is 0. The van der Waals surface area contributed by atoms with Gasteiger partial charge in [-0.15, -0.1) is 0 Å². The Morgan fingerprint density at radius 1 is 0.950 bits per heavy atom. The molecule has 0 fully saturated rings. The molecule has 0 aliphatic carbocycles. The van der Waals surface area contributed by atoms with Crippen molar-refractivity contribution in [3.63, 3.8) is 0 Å². The molecule has 7 heteroatoms. The first kappa shape index (κ1) is 20.2. The predicted molar refractivity (Wildman–Crippen MR) is 80.9 cm³/mol. The van der Waals surface area contributed by atoms with Gasteiger partial charge in [0.1, 0.15) is 0 Å². The van der Waals surface area contributed by atoms with E-state index >= 15 is 0 Å². The van der Waals surface area contributed by atoms with Crippen molar-refractivity contribution in [1.82, 2.24) is 4.98 Å². The Kier molecular flexibility index (Phi) is 8.65. The van der Waals surface area contributed by atoms with Gasteiger partial charge < -0.3 is 14.0 Å². The van der Waals surface area contributed by atoms with Crippen LogP contribution in [-0.4, -0.2) is 30.1 Å². The van der Waals surface area contributed by atoms with Crippen molar-refractivity contribution in [3.05, 3.63) is 11.1 Å². The topological polar surface area (TPSA) is 40.6 Å². The summed E-state index contributed by atoms with van der Waals surface area (Å²) in [6, 6.07) is 0. The van der Waals surface area contributed by atoms with Gasteiger partial charge in [-0.1, -0.05) is 0 Å². The third-order valence-corrected chi connectivity index (χ3v) is 3.37. The number of hydrogen-bond donors (Lipinski definition) is 0. The van der Waals surface area contributed by atoms with Crippen LogP contribution < -0.4 is 23.8 Å². The summed E-state index contributed by atoms with van der Waals surface area (Å²) >= 11 is 1.52. The summed E-state index contributed by atoms with van der Waals surface area (Å²) in [6.07, 6.45) is 0.00474. The average Bonchev–Trinajstić information content (AvgIpc) is 2.61. The van der Waals surface area contributed by atoms with Gasteiger partial charge in [0.2, 0.25) is 0 Å². The SMILES string of the molecule is Cc1csc([B-](OC(C)C)(OC(C)C)OC(C)C)n1.[Li+]. The Morgan fingerprint density at radius 2 is 1.35 bits per heavy atom. The Morgan fingerprint density at radius 3 is 1.60 bits per heavy atom. The molecule has 0 aliphatic rings. The molecule has 0 atom stereocenters. The van der Waals surface area contributed by atoms with Crippen LogP contribution in [0.15, 0.2) is 5.38 Å². The Bertz CT molecular complexity index is 372. The molecule has 0 aliphatic heterocycles. The molecule has 1 aromatic rings. The van der Waals surface area contributed by atoms with Crippen molar-refractivity contribution in [3.8, 4) is 0 Å². The molecule has 1 aromatic heterocycles. The molecule has 20 heavy (non-hydrogen) atoms. The average molecular weight is 293 g/mol. The van der Waals surface area contributed by atoms with Crippen LogP contribution in [0.2, 0.25) is 0 Å². The van der Waals surface area contributed by atoms with Crippen LogP contribution in [0.5, 0.6) is 0 Å². The molecule has 0 saturated carbocycles. The molecule has 1 rings (SSSR count). The van der Waals surface area contributed by atoms with Crippen molar-refractivity contribution in [2.24, 2.45) is 0 Å². The van der Waals surface area contributed by atoms with Gasteiger partial charge in [0.15, 0.2) is 0 Å². The van der Waals surface area contributed by atoms with Crippen LogP contribution in [0.1, 0.15) is 47.2 Å². The Balaban J connectivity index is 0.00000361. The maximum atomic E-state index is 6.02. The molecule has 110 valence electrons. The van der Waals surface area contributed by atoms with Gasteiger partial charge in [-0.25, -0.2) is 0 Å². The second-order valence-electron chi connectivity index (χ2n) is 5.52. The Hall–Kier alpha value is 0.172. The second kappa shape index (κ2) is 8.58. The van der Waals surface area contributed by atoms with Crippen molar-refractivity contribution in [1.29, 1.82) is 0 Å². The third-order valence-electron chi connectivity index (χ3n) is 2.29. The number of thiazole rings is 1. The van der Waals surface area contributed by atoms with Crippen LogP contribution in [0, 0.1) is 6.92 Å². The molecule has 0 radical (unpaired) electrons. The van der Waals surface area contributed by atoms with Crippen molar-refractivity contribution in [2.45, 2.75) is 66.8 Å². The van der Waals surface area contributed by atoms with E-state index in [9.17, 15) is 0 Å². The summed E-state index contributed by atoms with van der Waals surface area (Å²) in [5.74, 6) is 0. The summed E-state index contributed by atoms with van der Waals surface area (Å²) in [5, 5.41) is 1.99. The molecule has 0 amide bonds. The van der Waals surface area contributed by atoms with Crippen molar-refractivity contribution >= 4 is 23.0 Å².